The molecular weight excluding hydrogens is 382 g/mol. The van der Waals surface area contributed by atoms with E-state index in [0.717, 1.165) is 0 Å². The van der Waals surface area contributed by atoms with Crippen LogP contribution >= 0.6 is 34.2 Å². The summed E-state index contributed by atoms with van der Waals surface area (Å²) in [6.07, 6.45) is 1.45. The van der Waals surface area contributed by atoms with Crippen LogP contribution in [0.15, 0.2) is 23.1 Å². The lowest BCUT2D eigenvalue weighted by atomic mass is 10.1. The van der Waals surface area contributed by atoms with E-state index < -0.39 is 11.3 Å². The van der Waals surface area contributed by atoms with E-state index in [4.69, 9.17) is 22.1 Å². The molecule has 100 valence electrons. The fourth-order valence-corrected chi connectivity index (χ4v) is 2.62. The largest absolute Gasteiger partial charge is 0.495 e. The highest BCUT2D eigenvalue weighted by molar-refractivity contribution is 14.1. The fraction of sp³-hybridized carbons (Fsp3) is 0.167. The number of rotatable bonds is 3. The van der Waals surface area contributed by atoms with Crippen molar-refractivity contribution in [3.05, 3.63) is 39.1 Å². The second-order valence-electron chi connectivity index (χ2n) is 3.83. The number of carbonyl (C=O) groups excluding carboxylic acids is 1. The summed E-state index contributed by atoms with van der Waals surface area (Å²) in [6.45, 7) is 0. The SMILES string of the molecule is COc1cc2c(=O)c(C(N)=O)cn(CI)c2cc1Cl. The standard InChI is InChI=1S/C12H10ClIN2O3/c1-19-10-2-6-9(3-8(10)13)16(5-14)4-7(11(6)17)12(15)18/h2-4H,5H2,1H3,(H2,15,18). The first-order valence-electron chi connectivity index (χ1n) is 5.26. The van der Waals surface area contributed by atoms with Gasteiger partial charge in [-0.1, -0.05) is 34.2 Å². The number of aromatic nitrogens is 1. The predicted octanol–water partition coefficient (Wildman–Crippen LogP) is 2.15. The summed E-state index contributed by atoms with van der Waals surface area (Å²) >= 11 is 8.17. The van der Waals surface area contributed by atoms with Crippen molar-refractivity contribution in [2.75, 3.05) is 7.11 Å². The number of amides is 1. The number of nitrogens with zero attached hydrogens (tertiary/aromatic N) is 1. The summed E-state index contributed by atoms with van der Waals surface area (Å²) in [6, 6.07) is 3.16. The van der Waals surface area contributed by atoms with Gasteiger partial charge in [0.25, 0.3) is 5.91 Å². The summed E-state index contributed by atoms with van der Waals surface area (Å²) in [5.41, 5.74) is 5.39. The van der Waals surface area contributed by atoms with Crippen LogP contribution in [0.25, 0.3) is 10.9 Å². The molecule has 7 heteroatoms. The Morgan fingerprint density at radius 2 is 2.21 bits per heavy atom. The lowest BCUT2D eigenvalue weighted by Gasteiger charge is -2.11. The van der Waals surface area contributed by atoms with E-state index in [1.165, 1.54) is 19.4 Å². The van der Waals surface area contributed by atoms with Crippen LogP contribution in [0.1, 0.15) is 10.4 Å². The number of fused-ring (bicyclic) bond motifs is 1. The quantitative estimate of drug-likeness (QED) is 0.642. The first-order chi connectivity index (χ1) is 8.99. The molecule has 2 aromatic rings. The van der Waals surface area contributed by atoms with Crippen molar-refractivity contribution in [2.24, 2.45) is 5.73 Å². The number of nitrogens with two attached hydrogens (primary N) is 1. The highest BCUT2D eigenvalue weighted by Gasteiger charge is 2.15. The average Bonchev–Trinajstić information content (AvgIpc) is 2.38. The summed E-state index contributed by atoms with van der Waals surface area (Å²) in [5.74, 6) is -0.368. The Balaban J connectivity index is 2.95. The number of hydrogen-bond donors (Lipinski definition) is 1. The Kier molecular flexibility index (Phi) is 4.00. The van der Waals surface area contributed by atoms with Gasteiger partial charge in [-0.15, -0.1) is 0 Å². The Hall–Kier alpha value is -1.28. The number of hydrogen-bond acceptors (Lipinski definition) is 3. The minimum atomic E-state index is -0.751. The van der Waals surface area contributed by atoms with Crippen LogP contribution < -0.4 is 15.9 Å². The summed E-state index contributed by atoms with van der Waals surface area (Å²) in [7, 11) is 1.46. The van der Waals surface area contributed by atoms with E-state index in [9.17, 15) is 9.59 Å². The van der Waals surface area contributed by atoms with Crippen LogP contribution in [-0.2, 0) is 4.55 Å². The van der Waals surface area contributed by atoms with Crippen LogP contribution in [0.3, 0.4) is 0 Å². The van der Waals surface area contributed by atoms with Crippen molar-refractivity contribution < 1.29 is 9.53 Å². The molecule has 5 nitrogen and oxygen atoms in total. The molecule has 1 aromatic heterocycles. The highest BCUT2D eigenvalue weighted by atomic mass is 127. The van der Waals surface area contributed by atoms with Gasteiger partial charge in [-0.05, 0) is 12.1 Å². The molecule has 0 spiro atoms. The van der Waals surface area contributed by atoms with Crippen LogP contribution in [0.2, 0.25) is 5.02 Å². The molecule has 1 amide bonds. The maximum absolute atomic E-state index is 12.2. The number of ether oxygens (including phenoxy) is 1. The topological polar surface area (TPSA) is 74.3 Å². The van der Waals surface area contributed by atoms with E-state index in [2.05, 4.69) is 22.6 Å². The minimum absolute atomic E-state index is 0.0476. The Morgan fingerprint density at radius 3 is 2.74 bits per heavy atom. The monoisotopic (exact) mass is 392 g/mol. The minimum Gasteiger partial charge on any atom is -0.495 e. The number of carbonyl (C=O) groups is 1. The number of primary amides is 1. The summed E-state index contributed by atoms with van der Waals surface area (Å²) in [5, 5.41) is 0.758. The molecule has 0 fully saturated rings. The summed E-state index contributed by atoms with van der Waals surface area (Å²) in [4.78, 5) is 23.5. The molecule has 0 saturated heterocycles. The maximum Gasteiger partial charge on any atom is 0.254 e. The first-order valence-corrected chi connectivity index (χ1v) is 7.16. The number of pyridine rings is 1. The van der Waals surface area contributed by atoms with Gasteiger partial charge < -0.3 is 15.0 Å². The van der Waals surface area contributed by atoms with Gasteiger partial charge in [0, 0.05) is 6.20 Å². The van der Waals surface area contributed by atoms with Gasteiger partial charge in [-0.2, -0.15) is 0 Å². The van der Waals surface area contributed by atoms with Crippen molar-refractivity contribution >= 4 is 51.0 Å². The van der Waals surface area contributed by atoms with Crippen molar-refractivity contribution in [1.82, 2.24) is 4.57 Å². The molecule has 0 unspecified atom stereocenters. The van der Waals surface area contributed by atoms with Gasteiger partial charge in [0.05, 0.1) is 27.6 Å². The zero-order chi connectivity index (χ0) is 14.2. The average molecular weight is 393 g/mol. The molecule has 1 heterocycles. The number of benzene rings is 1. The van der Waals surface area contributed by atoms with Gasteiger partial charge in [-0.25, -0.2) is 0 Å². The van der Waals surface area contributed by atoms with Crippen LogP contribution in [0.4, 0.5) is 0 Å². The van der Waals surface area contributed by atoms with Gasteiger partial charge in [0.1, 0.15) is 11.3 Å². The third-order valence-electron chi connectivity index (χ3n) is 2.75. The maximum atomic E-state index is 12.2. The normalized spacial score (nSPS) is 10.7. The molecule has 0 saturated carbocycles. The van der Waals surface area contributed by atoms with Gasteiger partial charge >= 0.3 is 0 Å². The highest BCUT2D eigenvalue weighted by Crippen LogP contribution is 2.29. The molecule has 1 aromatic carbocycles. The molecule has 2 rings (SSSR count). The Morgan fingerprint density at radius 1 is 1.53 bits per heavy atom. The molecule has 0 atom stereocenters. The van der Waals surface area contributed by atoms with Gasteiger partial charge in [0.15, 0.2) is 0 Å². The molecule has 0 aliphatic carbocycles. The van der Waals surface area contributed by atoms with Crippen molar-refractivity contribution in [3.8, 4) is 5.75 Å². The molecule has 19 heavy (non-hydrogen) atoms. The number of halogens is 2. The lowest BCUT2D eigenvalue weighted by Crippen LogP contribution is -2.23. The third kappa shape index (κ3) is 2.42. The number of methoxy groups -OCH3 is 1. The fourth-order valence-electron chi connectivity index (χ4n) is 1.82. The van der Waals surface area contributed by atoms with Crippen molar-refractivity contribution in [1.29, 1.82) is 0 Å². The molecular formula is C12H10ClIN2O3. The number of alkyl halides is 1. The van der Waals surface area contributed by atoms with E-state index >= 15 is 0 Å². The zero-order valence-corrected chi connectivity index (χ0v) is 12.9. The first kappa shape index (κ1) is 14.1. The molecule has 0 bridgehead atoms. The van der Waals surface area contributed by atoms with Crippen LogP contribution in [-0.4, -0.2) is 17.6 Å². The summed E-state index contributed by atoms with van der Waals surface area (Å²) < 4.78 is 7.38. The lowest BCUT2D eigenvalue weighted by molar-refractivity contribution is 0.0999. The molecule has 2 N–H and O–H groups in total. The van der Waals surface area contributed by atoms with E-state index in [1.807, 2.05) is 0 Å². The van der Waals surface area contributed by atoms with E-state index in [-0.39, 0.29) is 5.56 Å². The second-order valence-corrected chi connectivity index (χ2v) is 4.92. The van der Waals surface area contributed by atoms with Crippen molar-refractivity contribution in [2.45, 2.75) is 4.55 Å². The third-order valence-corrected chi connectivity index (χ3v) is 3.78. The second kappa shape index (κ2) is 5.38. The van der Waals surface area contributed by atoms with E-state index in [0.29, 0.717) is 26.2 Å². The van der Waals surface area contributed by atoms with Gasteiger partial charge in [-0.3, -0.25) is 9.59 Å². The predicted molar refractivity (Wildman–Crippen MR) is 82.3 cm³/mol. The molecule has 0 radical (unpaired) electrons. The van der Waals surface area contributed by atoms with Crippen LogP contribution in [0.5, 0.6) is 5.75 Å². The Labute approximate surface area is 127 Å². The van der Waals surface area contributed by atoms with Gasteiger partial charge in [0.2, 0.25) is 5.43 Å². The van der Waals surface area contributed by atoms with Crippen LogP contribution in [0, 0.1) is 0 Å². The smallest absolute Gasteiger partial charge is 0.254 e. The zero-order valence-electron chi connectivity index (χ0n) is 9.94. The van der Waals surface area contributed by atoms with Crippen molar-refractivity contribution in [3.63, 3.8) is 0 Å². The van der Waals surface area contributed by atoms with E-state index in [1.54, 1.807) is 10.6 Å². The Bertz CT molecular complexity index is 727. The molecule has 0 aliphatic heterocycles. The molecule has 0 aliphatic rings.